The maximum absolute atomic E-state index is 13.2. The highest BCUT2D eigenvalue weighted by Gasteiger charge is 2.34. The van der Waals surface area contributed by atoms with Gasteiger partial charge in [0.25, 0.3) is 0 Å². The molecule has 34 heavy (non-hydrogen) atoms. The summed E-state index contributed by atoms with van der Waals surface area (Å²) in [6.45, 7) is 8.63. The highest BCUT2D eigenvalue weighted by atomic mass is 16.5. The number of ketones is 1. The van der Waals surface area contributed by atoms with Gasteiger partial charge < -0.3 is 23.7 Å². The van der Waals surface area contributed by atoms with Crippen LogP contribution >= 0.6 is 0 Å². The Bertz CT molecular complexity index is 1120. The van der Waals surface area contributed by atoms with Gasteiger partial charge in [-0.2, -0.15) is 0 Å². The SMILES string of the molecule is COc1ccc(/C=C2\Oc3c(cc4c(c3C)OCN(CCN3CCOCC3)C4)C2=O)c(OC)c1. The van der Waals surface area contributed by atoms with Crippen LogP contribution in [0.2, 0.25) is 0 Å². The summed E-state index contributed by atoms with van der Waals surface area (Å²) in [5.74, 6) is 2.81. The predicted octanol–water partition coefficient (Wildman–Crippen LogP) is 3.11. The Labute approximate surface area is 199 Å². The summed E-state index contributed by atoms with van der Waals surface area (Å²) < 4.78 is 28.3. The van der Waals surface area contributed by atoms with E-state index in [0.717, 1.165) is 68.4 Å². The summed E-state index contributed by atoms with van der Waals surface area (Å²) in [5, 5.41) is 0. The third-order valence-electron chi connectivity index (χ3n) is 6.57. The van der Waals surface area contributed by atoms with Gasteiger partial charge in [-0.3, -0.25) is 14.6 Å². The van der Waals surface area contributed by atoms with E-state index in [2.05, 4.69) is 9.80 Å². The fraction of sp³-hybridized carbons (Fsp3) is 0.423. The fourth-order valence-corrected chi connectivity index (χ4v) is 4.63. The molecule has 0 saturated carbocycles. The van der Waals surface area contributed by atoms with Crippen molar-refractivity contribution < 1.29 is 28.5 Å². The first-order chi connectivity index (χ1) is 16.6. The van der Waals surface area contributed by atoms with Crippen LogP contribution in [-0.2, 0) is 11.3 Å². The molecular weight excluding hydrogens is 436 g/mol. The Balaban J connectivity index is 1.35. The van der Waals surface area contributed by atoms with Crippen molar-refractivity contribution in [3.05, 3.63) is 52.3 Å². The molecule has 2 aromatic rings. The van der Waals surface area contributed by atoms with Crippen molar-refractivity contribution >= 4 is 11.9 Å². The van der Waals surface area contributed by atoms with Crippen LogP contribution in [0.1, 0.15) is 27.0 Å². The number of fused-ring (bicyclic) bond motifs is 2. The highest BCUT2D eigenvalue weighted by molar-refractivity contribution is 6.15. The lowest BCUT2D eigenvalue weighted by molar-refractivity contribution is 0.0239. The first-order valence-corrected chi connectivity index (χ1v) is 11.6. The van der Waals surface area contributed by atoms with E-state index in [1.165, 1.54) is 0 Å². The summed E-state index contributed by atoms with van der Waals surface area (Å²) >= 11 is 0. The number of allylic oxidation sites excluding steroid dienone is 1. The molecule has 0 amide bonds. The quantitative estimate of drug-likeness (QED) is 0.602. The number of methoxy groups -OCH3 is 2. The minimum absolute atomic E-state index is 0.135. The number of carbonyl (C=O) groups excluding carboxylic acids is 1. The minimum Gasteiger partial charge on any atom is -0.497 e. The molecule has 0 bridgehead atoms. The van der Waals surface area contributed by atoms with Crippen LogP contribution in [0.15, 0.2) is 30.0 Å². The number of nitrogens with zero attached hydrogens (tertiary/aromatic N) is 2. The first kappa shape index (κ1) is 22.7. The summed E-state index contributed by atoms with van der Waals surface area (Å²) in [5.41, 5.74) is 3.20. The molecular formula is C26H30N2O6. The molecule has 0 radical (unpaired) electrons. The third kappa shape index (κ3) is 4.36. The number of Topliss-reactive ketones (excluding diaryl/α,β-unsaturated/α-hetero) is 1. The molecule has 0 aromatic heterocycles. The maximum Gasteiger partial charge on any atom is 0.231 e. The van der Waals surface area contributed by atoms with Crippen LogP contribution in [0, 0.1) is 6.92 Å². The zero-order valence-electron chi connectivity index (χ0n) is 19.9. The van der Waals surface area contributed by atoms with Crippen LogP contribution in [0.5, 0.6) is 23.0 Å². The number of hydrogen-bond acceptors (Lipinski definition) is 8. The molecule has 3 heterocycles. The predicted molar refractivity (Wildman–Crippen MR) is 127 cm³/mol. The Morgan fingerprint density at radius 1 is 1.03 bits per heavy atom. The maximum atomic E-state index is 13.2. The van der Waals surface area contributed by atoms with Gasteiger partial charge in [0.15, 0.2) is 5.76 Å². The lowest BCUT2D eigenvalue weighted by atomic mass is 10.00. The van der Waals surface area contributed by atoms with Gasteiger partial charge in [0.2, 0.25) is 5.78 Å². The van der Waals surface area contributed by atoms with Crippen LogP contribution in [0.25, 0.3) is 6.08 Å². The van der Waals surface area contributed by atoms with Gasteiger partial charge in [-0.05, 0) is 31.2 Å². The molecule has 2 aromatic carbocycles. The second-order valence-corrected chi connectivity index (χ2v) is 8.69. The topological polar surface area (TPSA) is 69.7 Å². The molecule has 0 unspecified atom stereocenters. The van der Waals surface area contributed by atoms with Crippen molar-refractivity contribution in [2.75, 3.05) is 60.3 Å². The van der Waals surface area contributed by atoms with Gasteiger partial charge in [-0.1, -0.05) is 0 Å². The third-order valence-corrected chi connectivity index (χ3v) is 6.57. The Kier molecular flexibility index (Phi) is 6.45. The van der Waals surface area contributed by atoms with E-state index in [-0.39, 0.29) is 11.5 Å². The number of carbonyl (C=O) groups is 1. The largest absolute Gasteiger partial charge is 0.497 e. The molecule has 0 atom stereocenters. The Morgan fingerprint density at radius 2 is 1.82 bits per heavy atom. The molecule has 1 fully saturated rings. The van der Waals surface area contributed by atoms with Gasteiger partial charge >= 0.3 is 0 Å². The zero-order chi connectivity index (χ0) is 23.7. The van der Waals surface area contributed by atoms with Crippen LogP contribution < -0.4 is 18.9 Å². The molecule has 0 spiro atoms. The molecule has 8 nitrogen and oxygen atoms in total. The summed E-state index contributed by atoms with van der Waals surface area (Å²) in [6, 6.07) is 7.37. The van der Waals surface area contributed by atoms with Gasteiger partial charge in [-0.15, -0.1) is 0 Å². The molecule has 0 N–H and O–H groups in total. The van der Waals surface area contributed by atoms with Gasteiger partial charge in [0.1, 0.15) is 29.7 Å². The zero-order valence-corrected chi connectivity index (χ0v) is 19.9. The van der Waals surface area contributed by atoms with Crippen molar-refractivity contribution in [2.45, 2.75) is 13.5 Å². The number of hydrogen-bond donors (Lipinski definition) is 0. The second-order valence-electron chi connectivity index (χ2n) is 8.69. The summed E-state index contributed by atoms with van der Waals surface area (Å²) in [4.78, 5) is 17.9. The number of rotatable bonds is 6. The average molecular weight is 467 g/mol. The molecule has 1 saturated heterocycles. The Morgan fingerprint density at radius 3 is 2.59 bits per heavy atom. The van der Waals surface area contributed by atoms with Gasteiger partial charge in [0, 0.05) is 55.5 Å². The average Bonchev–Trinajstić information content (AvgIpc) is 3.19. The van der Waals surface area contributed by atoms with E-state index in [1.54, 1.807) is 26.4 Å². The van der Waals surface area contributed by atoms with Crippen molar-refractivity contribution in [3.8, 4) is 23.0 Å². The van der Waals surface area contributed by atoms with Gasteiger partial charge in [-0.25, -0.2) is 0 Å². The normalized spacial score (nSPS) is 19.4. The van der Waals surface area contributed by atoms with E-state index in [9.17, 15) is 4.79 Å². The second kappa shape index (κ2) is 9.66. The molecule has 0 aliphatic carbocycles. The van der Waals surface area contributed by atoms with Crippen LogP contribution in [0.4, 0.5) is 0 Å². The number of morpholine rings is 1. The number of benzene rings is 2. The van der Waals surface area contributed by atoms with E-state index >= 15 is 0 Å². The first-order valence-electron chi connectivity index (χ1n) is 11.6. The smallest absolute Gasteiger partial charge is 0.231 e. The fourth-order valence-electron chi connectivity index (χ4n) is 4.63. The Hall–Kier alpha value is -3.07. The van der Waals surface area contributed by atoms with E-state index in [1.807, 2.05) is 25.1 Å². The standard InChI is InChI=1S/C26H30N2O6/c1-17-25-19(15-28(16-33-25)7-6-27-8-10-32-11-9-27)12-21-24(29)23(34-26(17)21)13-18-4-5-20(30-2)14-22(18)31-3/h4-5,12-14H,6-11,15-16H2,1-3H3/b23-13-. The highest BCUT2D eigenvalue weighted by Crippen LogP contribution is 2.43. The molecule has 180 valence electrons. The molecule has 8 heteroatoms. The lowest BCUT2D eigenvalue weighted by Gasteiger charge is -2.33. The van der Waals surface area contributed by atoms with E-state index in [4.69, 9.17) is 23.7 Å². The monoisotopic (exact) mass is 466 g/mol. The summed E-state index contributed by atoms with van der Waals surface area (Å²) in [7, 11) is 3.19. The van der Waals surface area contributed by atoms with Gasteiger partial charge in [0.05, 0.1) is 33.0 Å². The van der Waals surface area contributed by atoms with Crippen LogP contribution in [-0.4, -0.2) is 75.9 Å². The lowest BCUT2D eigenvalue weighted by Crippen LogP contribution is -2.43. The molecule has 5 rings (SSSR count). The molecule has 3 aliphatic heterocycles. The van der Waals surface area contributed by atoms with Crippen molar-refractivity contribution in [2.24, 2.45) is 0 Å². The number of ether oxygens (including phenoxy) is 5. The summed E-state index contributed by atoms with van der Waals surface area (Å²) in [6.07, 6.45) is 1.72. The van der Waals surface area contributed by atoms with Crippen LogP contribution in [0.3, 0.4) is 0 Å². The van der Waals surface area contributed by atoms with Crippen molar-refractivity contribution in [1.29, 1.82) is 0 Å². The van der Waals surface area contributed by atoms with E-state index in [0.29, 0.717) is 29.5 Å². The van der Waals surface area contributed by atoms with Crippen molar-refractivity contribution in [1.82, 2.24) is 9.80 Å². The minimum atomic E-state index is -0.135. The van der Waals surface area contributed by atoms with E-state index < -0.39 is 0 Å². The molecule has 3 aliphatic rings. The van der Waals surface area contributed by atoms with Crippen molar-refractivity contribution in [3.63, 3.8) is 0 Å².